The first-order valence-electron chi connectivity index (χ1n) is 8.10. The van der Waals surface area contributed by atoms with Crippen molar-refractivity contribution in [3.63, 3.8) is 0 Å². The zero-order chi connectivity index (χ0) is 17.5. The molecule has 0 radical (unpaired) electrons. The van der Waals surface area contributed by atoms with Crippen molar-refractivity contribution in [1.82, 2.24) is 19.5 Å². The molecule has 0 aliphatic carbocycles. The molecule has 2 unspecified atom stereocenters. The van der Waals surface area contributed by atoms with Crippen LogP contribution in [0.15, 0.2) is 24.8 Å². The number of imidazole rings is 1. The largest absolute Gasteiger partial charge is 0.414 e. The Morgan fingerprint density at radius 1 is 1.25 bits per heavy atom. The van der Waals surface area contributed by atoms with Crippen LogP contribution in [0.3, 0.4) is 0 Å². The van der Waals surface area contributed by atoms with Gasteiger partial charge in [0, 0.05) is 0 Å². The third-order valence-electron chi connectivity index (χ3n) is 4.88. The molecule has 8 heteroatoms. The molecule has 3 heterocycles. The van der Waals surface area contributed by atoms with E-state index in [1.54, 1.807) is 6.33 Å². The number of nitrogen functional groups attached to an aromatic ring is 1. The van der Waals surface area contributed by atoms with E-state index in [1.807, 2.05) is 16.7 Å². The molecule has 0 amide bonds. The van der Waals surface area contributed by atoms with E-state index < -0.39 is 8.32 Å². The molecule has 7 nitrogen and oxygen atoms in total. The molecule has 1 aliphatic heterocycles. The summed E-state index contributed by atoms with van der Waals surface area (Å²) in [5.41, 5.74) is 7.09. The lowest BCUT2D eigenvalue weighted by molar-refractivity contribution is -0.00380. The SMILES string of the molecule is CC(C)(C)[Si](C)(C)OCC1C=CC(n2cnc3c(N)ncnc32)O1. The van der Waals surface area contributed by atoms with Crippen LogP contribution in [0.1, 0.15) is 27.0 Å². The van der Waals surface area contributed by atoms with Gasteiger partial charge in [-0.2, -0.15) is 0 Å². The van der Waals surface area contributed by atoms with Crippen molar-refractivity contribution in [2.45, 2.75) is 51.2 Å². The summed E-state index contributed by atoms with van der Waals surface area (Å²) < 4.78 is 14.2. The highest BCUT2D eigenvalue weighted by atomic mass is 28.4. The molecule has 3 rings (SSSR count). The van der Waals surface area contributed by atoms with Crippen molar-refractivity contribution in [2.75, 3.05) is 12.3 Å². The average molecular weight is 347 g/mol. The van der Waals surface area contributed by atoms with Crippen molar-refractivity contribution in [1.29, 1.82) is 0 Å². The lowest BCUT2D eigenvalue weighted by Crippen LogP contribution is -2.42. The number of hydrogen-bond acceptors (Lipinski definition) is 6. The minimum atomic E-state index is -1.78. The fourth-order valence-corrected chi connectivity index (χ4v) is 3.32. The smallest absolute Gasteiger partial charge is 0.192 e. The number of anilines is 1. The van der Waals surface area contributed by atoms with Crippen LogP contribution < -0.4 is 5.73 Å². The van der Waals surface area contributed by atoms with Crippen LogP contribution in [0.4, 0.5) is 5.82 Å². The number of fused-ring (bicyclic) bond motifs is 1. The molecule has 0 spiro atoms. The summed E-state index contributed by atoms with van der Waals surface area (Å²) >= 11 is 0. The Bertz CT molecular complexity index is 765. The summed E-state index contributed by atoms with van der Waals surface area (Å²) in [4.78, 5) is 12.5. The number of nitrogens with two attached hydrogens (primary N) is 1. The van der Waals surface area contributed by atoms with Gasteiger partial charge in [-0.15, -0.1) is 0 Å². The van der Waals surface area contributed by atoms with Crippen molar-refractivity contribution >= 4 is 25.3 Å². The third-order valence-corrected chi connectivity index (χ3v) is 9.38. The first kappa shape index (κ1) is 17.1. The predicted molar refractivity (Wildman–Crippen MR) is 95.9 cm³/mol. The summed E-state index contributed by atoms with van der Waals surface area (Å²) in [6.07, 6.45) is 6.83. The fraction of sp³-hybridized carbons (Fsp3) is 0.562. The Balaban J connectivity index is 1.68. The van der Waals surface area contributed by atoms with Crippen molar-refractivity contribution < 1.29 is 9.16 Å². The second-order valence-electron chi connectivity index (χ2n) is 7.60. The molecule has 2 atom stereocenters. The van der Waals surface area contributed by atoms with Gasteiger partial charge in [0.05, 0.1) is 12.9 Å². The Hall–Kier alpha value is -1.77. The Morgan fingerprint density at radius 3 is 2.71 bits per heavy atom. The standard InChI is InChI=1S/C16H25N5O2Si/c1-16(2,3)24(4,5)22-8-11-6-7-12(23-11)21-10-20-13-14(17)18-9-19-15(13)21/h6-7,9-12H,8H2,1-5H3,(H2,17,18,19). The van der Waals surface area contributed by atoms with Crippen LogP contribution in [0.2, 0.25) is 18.1 Å². The number of hydrogen-bond donors (Lipinski definition) is 1. The topological polar surface area (TPSA) is 88.1 Å². The van der Waals surface area contributed by atoms with E-state index >= 15 is 0 Å². The van der Waals surface area contributed by atoms with Gasteiger partial charge < -0.3 is 14.9 Å². The summed E-state index contributed by atoms with van der Waals surface area (Å²) in [5.74, 6) is 0.374. The summed E-state index contributed by atoms with van der Waals surface area (Å²) in [6.45, 7) is 11.7. The molecule has 0 saturated heterocycles. The van der Waals surface area contributed by atoms with E-state index in [0.717, 1.165) is 0 Å². The molecule has 2 aromatic rings. The van der Waals surface area contributed by atoms with E-state index in [9.17, 15) is 0 Å². The maximum absolute atomic E-state index is 6.24. The summed E-state index contributed by atoms with van der Waals surface area (Å²) in [7, 11) is -1.78. The number of nitrogens with zero attached hydrogens (tertiary/aromatic N) is 4. The van der Waals surface area contributed by atoms with Gasteiger partial charge >= 0.3 is 0 Å². The second kappa shape index (κ2) is 5.94. The molecular weight excluding hydrogens is 322 g/mol. The highest BCUT2D eigenvalue weighted by Gasteiger charge is 2.38. The van der Waals surface area contributed by atoms with E-state index in [-0.39, 0.29) is 17.4 Å². The molecule has 130 valence electrons. The monoisotopic (exact) mass is 347 g/mol. The minimum absolute atomic E-state index is 0.0687. The van der Waals surface area contributed by atoms with Crippen molar-refractivity contribution in [3.05, 3.63) is 24.8 Å². The van der Waals surface area contributed by atoms with Crippen molar-refractivity contribution in [3.8, 4) is 0 Å². The first-order chi connectivity index (χ1) is 11.2. The van der Waals surface area contributed by atoms with Gasteiger partial charge in [-0.1, -0.05) is 26.8 Å². The maximum Gasteiger partial charge on any atom is 0.192 e. The molecule has 2 N–H and O–H groups in total. The highest BCUT2D eigenvalue weighted by Crippen LogP contribution is 2.37. The minimum Gasteiger partial charge on any atom is -0.414 e. The van der Waals surface area contributed by atoms with Gasteiger partial charge in [-0.05, 0) is 24.2 Å². The van der Waals surface area contributed by atoms with E-state index in [0.29, 0.717) is 23.6 Å². The van der Waals surface area contributed by atoms with Crippen molar-refractivity contribution in [2.24, 2.45) is 0 Å². The highest BCUT2D eigenvalue weighted by molar-refractivity contribution is 6.74. The Kier molecular flexibility index (Phi) is 4.23. The Morgan fingerprint density at radius 2 is 2.00 bits per heavy atom. The fourth-order valence-electron chi connectivity index (χ4n) is 2.31. The molecule has 2 aromatic heterocycles. The van der Waals surface area contributed by atoms with Gasteiger partial charge in [0.2, 0.25) is 0 Å². The van der Waals surface area contributed by atoms with Gasteiger partial charge in [-0.25, -0.2) is 15.0 Å². The molecule has 1 aliphatic rings. The van der Waals surface area contributed by atoms with Crippen LogP contribution in [0, 0.1) is 0 Å². The number of aromatic nitrogens is 4. The molecular formula is C16H25N5O2Si. The van der Waals surface area contributed by atoms with Crippen LogP contribution in [0.25, 0.3) is 11.2 Å². The molecule has 0 aromatic carbocycles. The van der Waals surface area contributed by atoms with Gasteiger partial charge in [0.25, 0.3) is 0 Å². The number of ether oxygens (including phenoxy) is 1. The molecule has 0 bridgehead atoms. The second-order valence-corrected chi connectivity index (χ2v) is 12.4. The predicted octanol–water partition coefficient (Wildman–Crippen LogP) is 2.88. The third kappa shape index (κ3) is 3.09. The maximum atomic E-state index is 6.24. The lowest BCUT2D eigenvalue weighted by Gasteiger charge is -2.36. The van der Waals surface area contributed by atoms with E-state index in [2.05, 4.69) is 48.8 Å². The van der Waals surface area contributed by atoms with Crippen LogP contribution in [-0.4, -0.2) is 40.5 Å². The average Bonchev–Trinajstić information content (AvgIpc) is 3.10. The lowest BCUT2D eigenvalue weighted by atomic mass is 10.2. The van der Waals surface area contributed by atoms with Crippen LogP contribution in [-0.2, 0) is 9.16 Å². The summed E-state index contributed by atoms with van der Waals surface area (Å²) in [5, 5.41) is 0.184. The van der Waals surface area contributed by atoms with Crippen LogP contribution in [0.5, 0.6) is 0 Å². The molecule has 0 fully saturated rings. The van der Waals surface area contributed by atoms with Gasteiger partial charge in [0.15, 0.2) is 26.0 Å². The summed E-state index contributed by atoms with van der Waals surface area (Å²) in [6, 6.07) is 0. The van der Waals surface area contributed by atoms with Gasteiger partial charge in [0.1, 0.15) is 17.9 Å². The van der Waals surface area contributed by atoms with Gasteiger partial charge in [-0.3, -0.25) is 4.57 Å². The first-order valence-corrected chi connectivity index (χ1v) is 11.0. The molecule has 24 heavy (non-hydrogen) atoms. The number of rotatable bonds is 4. The quantitative estimate of drug-likeness (QED) is 0.676. The van der Waals surface area contributed by atoms with E-state index in [1.165, 1.54) is 6.33 Å². The Labute approximate surface area is 143 Å². The zero-order valence-electron chi connectivity index (χ0n) is 14.9. The van der Waals surface area contributed by atoms with Crippen LogP contribution >= 0.6 is 0 Å². The zero-order valence-corrected chi connectivity index (χ0v) is 15.9. The molecule has 0 saturated carbocycles. The van der Waals surface area contributed by atoms with E-state index in [4.69, 9.17) is 14.9 Å². The normalized spacial score (nSPS) is 21.7.